The van der Waals surface area contributed by atoms with Crippen molar-refractivity contribution in [2.75, 3.05) is 26.1 Å². The van der Waals surface area contributed by atoms with Gasteiger partial charge in [-0.3, -0.25) is 9.59 Å². The summed E-state index contributed by atoms with van der Waals surface area (Å²) in [6, 6.07) is 0. The second-order valence-corrected chi connectivity index (χ2v) is 6.42. The molecule has 0 radical (unpaired) electrons. The Bertz CT molecular complexity index is 267. The van der Waals surface area contributed by atoms with E-state index in [0.29, 0.717) is 24.0 Å². The molecule has 0 unspecified atom stereocenters. The van der Waals surface area contributed by atoms with Gasteiger partial charge in [0.05, 0.1) is 12.4 Å². The molecule has 0 saturated carbocycles. The number of nitrogens with zero attached hydrogens (tertiary/aromatic N) is 1. The number of carbonyl (C=O) groups is 2. The first-order valence-electron chi connectivity index (χ1n) is 6.30. The molecule has 0 aromatic carbocycles. The summed E-state index contributed by atoms with van der Waals surface area (Å²) in [6.07, 6.45) is 0.417. The van der Waals surface area contributed by atoms with E-state index in [-0.39, 0.29) is 24.3 Å². The molecular weight excluding hydrogens is 250 g/mol. The molecule has 106 valence electrons. The maximum absolute atomic E-state index is 11.6. The highest BCUT2D eigenvalue weighted by Gasteiger charge is 2.10. The Morgan fingerprint density at radius 2 is 1.83 bits per heavy atom. The highest BCUT2D eigenvalue weighted by Crippen LogP contribution is 2.09. The lowest BCUT2D eigenvalue weighted by molar-refractivity contribution is -0.132. The molecule has 1 amide bonds. The van der Waals surface area contributed by atoms with Gasteiger partial charge in [0.25, 0.3) is 0 Å². The van der Waals surface area contributed by atoms with Gasteiger partial charge in [-0.05, 0) is 5.25 Å². The predicted molar refractivity (Wildman–Crippen MR) is 75.6 cm³/mol. The molecule has 0 rings (SSSR count). The van der Waals surface area contributed by atoms with Gasteiger partial charge in [-0.2, -0.15) is 0 Å². The summed E-state index contributed by atoms with van der Waals surface area (Å²) in [5.41, 5.74) is 0. The van der Waals surface area contributed by atoms with Gasteiger partial charge in [-0.25, -0.2) is 0 Å². The van der Waals surface area contributed by atoms with Crippen molar-refractivity contribution >= 4 is 23.5 Å². The molecule has 0 fully saturated rings. The average Bonchev–Trinajstić information content (AvgIpc) is 2.30. The number of hydrogen-bond acceptors (Lipinski definition) is 4. The quantitative estimate of drug-likeness (QED) is 0.478. The minimum Gasteiger partial charge on any atom is -0.361 e. The van der Waals surface area contributed by atoms with E-state index in [9.17, 15) is 9.59 Å². The van der Waals surface area contributed by atoms with Crippen LogP contribution >= 0.6 is 11.8 Å². The zero-order chi connectivity index (χ0) is 14.1. The van der Waals surface area contributed by atoms with Crippen LogP contribution in [0.2, 0.25) is 0 Å². The molecule has 18 heavy (non-hydrogen) atoms. The van der Waals surface area contributed by atoms with Gasteiger partial charge in [0.2, 0.25) is 5.91 Å². The highest BCUT2D eigenvalue weighted by atomic mass is 32.2. The lowest BCUT2D eigenvalue weighted by Gasteiger charge is -2.17. The van der Waals surface area contributed by atoms with E-state index in [1.165, 1.54) is 0 Å². The van der Waals surface area contributed by atoms with E-state index >= 15 is 0 Å². The smallest absolute Gasteiger partial charge is 0.234 e. The number of rotatable bonds is 9. The molecule has 0 spiro atoms. The molecule has 0 aliphatic rings. The molecule has 0 atom stereocenters. The molecule has 0 heterocycles. The van der Waals surface area contributed by atoms with E-state index < -0.39 is 0 Å². The largest absolute Gasteiger partial charge is 0.361 e. The maximum atomic E-state index is 11.6. The standard InChI is InChI=1S/C13H25NO3S/c1-10(2)12(15)6-7-17-9-14(5)13(16)8-18-11(3)4/h10-11H,6-9H2,1-5H3. The minimum atomic E-state index is 0.0513. The molecule has 0 aromatic rings. The van der Waals surface area contributed by atoms with Gasteiger partial charge in [0, 0.05) is 19.4 Å². The Morgan fingerprint density at radius 3 is 2.33 bits per heavy atom. The molecule has 4 nitrogen and oxygen atoms in total. The Labute approximate surface area is 114 Å². The van der Waals surface area contributed by atoms with Crippen LogP contribution in [0.5, 0.6) is 0 Å². The average molecular weight is 275 g/mol. The molecule has 0 N–H and O–H groups in total. The summed E-state index contributed by atoms with van der Waals surface area (Å²) in [5, 5.41) is 0.451. The zero-order valence-corrected chi connectivity index (χ0v) is 12.9. The molecule has 0 bridgehead atoms. The van der Waals surface area contributed by atoms with Crippen molar-refractivity contribution in [2.24, 2.45) is 5.92 Å². The molecule has 0 aromatic heterocycles. The van der Waals surface area contributed by atoms with Crippen molar-refractivity contribution in [2.45, 2.75) is 39.4 Å². The summed E-state index contributed by atoms with van der Waals surface area (Å²) >= 11 is 1.61. The van der Waals surface area contributed by atoms with E-state index in [2.05, 4.69) is 13.8 Å². The summed E-state index contributed by atoms with van der Waals surface area (Å²) in [5.74, 6) is 0.779. The fourth-order valence-corrected chi connectivity index (χ4v) is 1.78. The van der Waals surface area contributed by atoms with Crippen LogP contribution in [0, 0.1) is 5.92 Å². The minimum absolute atomic E-state index is 0.0513. The highest BCUT2D eigenvalue weighted by molar-refractivity contribution is 8.00. The predicted octanol–water partition coefficient (Wildman–Crippen LogP) is 2.18. The first-order chi connectivity index (χ1) is 8.34. The lowest BCUT2D eigenvalue weighted by atomic mass is 10.1. The van der Waals surface area contributed by atoms with Crippen LogP contribution in [0.25, 0.3) is 0 Å². The third kappa shape index (κ3) is 8.53. The number of Topliss-reactive ketones (excluding diaryl/α,β-unsaturated/α-hetero) is 1. The first kappa shape index (κ1) is 17.4. The topological polar surface area (TPSA) is 46.6 Å². The third-order valence-electron chi connectivity index (χ3n) is 2.39. The second kappa shape index (κ2) is 9.39. The fourth-order valence-electron chi connectivity index (χ4n) is 1.08. The molecular formula is C13H25NO3S. The van der Waals surface area contributed by atoms with Gasteiger partial charge in [0.1, 0.15) is 12.5 Å². The number of ether oxygens (including phenoxy) is 1. The van der Waals surface area contributed by atoms with Crippen molar-refractivity contribution in [3.63, 3.8) is 0 Å². The Balaban J connectivity index is 3.67. The van der Waals surface area contributed by atoms with Crippen molar-refractivity contribution in [3.8, 4) is 0 Å². The van der Waals surface area contributed by atoms with Crippen molar-refractivity contribution in [1.82, 2.24) is 4.90 Å². The Kier molecular flexibility index (Phi) is 9.10. The zero-order valence-electron chi connectivity index (χ0n) is 12.1. The second-order valence-electron chi connectivity index (χ2n) is 4.86. The number of ketones is 1. The lowest BCUT2D eigenvalue weighted by Crippen LogP contribution is -2.31. The van der Waals surface area contributed by atoms with Gasteiger partial charge in [-0.15, -0.1) is 11.8 Å². The van der Waals surface area contributed by atoms with Crippen molar-refractivity contribution in [1.29, 1.82) is 0 Å². The van der Waals surface area contributed by atoms with E-state index in [1.54, 1.807) is 23.7 Å². The third-order valence-corrected chi connectivity index (χ3v) is 3.47. The number of amides is 1. The first-order valence-corrected chi connectivity index (χ1v) is 7.35. The van der Waals surface area contributed by atoms with Crippen LogP contribution < -0.4 is 0 Å². The van der Waals surface area contributed by atoms with Crippen molar-refractivity contribution < 1.29 is 14.3 Å². The van der Waals surface area contributed by atoms with Crippen LogP contribution in [0.15, 0.2) is 0 Å². The molecule has 0 aliphatic heterocycles. The van der Waals surface area contributed by atoms with Crippen LogP contribution in [-0.2, 0) is 14.3 Å². The van der Waals surface area contributed by atoms with Gasteiger partial charge >= 0.3 is 0 Å². The Morgan fingerprint density at radius 1 is 1.22 bits per heavy atom. The van der Waals surface area contributed by atoms with Crippen LogP contribution in [0.4, 0.5) is 0 Å². The van der Waals surface area contributed by atoms with Gasteiger partial charge in [-0.1, -0.05) is 27.7 Å². The summed E-state index contributed by atoms with van der Waals surface area (Å²) in [4.78, 5) is 24.5. The Hall–Kier alpha value is -0.550. The summed E-state index contributed by atoms with van der Waals surface area (Å²) in [6.45, 7) is 8.51. The van der Waals surface area contributed by atoms with Crippen LogP contribution in [0.1, 0.15) is 34.1 Å². The normalized spacial score (nSPS) is 11.1. The number of carbonyl (C=O) groups excluding carboxylic acids is 2. The fraction of sp³-hybridized carbons (Fsp3) is 0.846. The van der Waals surface area contributed by atoms with Crippen molar-refractivity contribution in [3.05, 3.63) is 0 Å². The summed E-state index contributed by atoms with van der Waals surface area (Å²) in [7, 11) is 1.72. The SMILES string of the molecule is CC(C)SCC(=O)N(C)COCCC(=O)C(C)C. The van der Waals surface area contributed by atoms with Crippen LogP contribution in [0.3, 0.4) is 0 Å². The molecule has 5 heteroatoms. The van der Waals surface area contributed by atoms with Gasteiger partial charge in [0.15, 0.2) is 0 Å². The summed E-state index contributed by atoms with van der Waals surface area (Å²) < 4.78 is 5.32. The molecule has 0 aliphatic carbocycles. The van der Waals surface area contributed by atoms with E-state index in [0.717, 1.165) is 0 Å². The van der Waals surface area contributed by atoms with Gasteiger partial charge < -0.3 is 9.64 Å². The molecule has 0 saturated heterocycles. The monoisotopic (exact) mass is 275 g/mol. The maximum Gasteiger partial charge on any atom is 0.234 e. The van der Waals surface area contributed by atoms with E-state index in [1.807, 2.05) is 13.8 Å². The number of hydrogen-bond donors (Lipinski definition) is 0. The van der Waals surface area contributed by atoms with E-state index in [4.69, 9.17) is 4.74 Å². The number of thioether (sulfide) groups is 1. The van der Waals surface area contributed by atoms with Crippen LogP contribution in [-0.4, -0.2) is 48.0 Å².